The smallest absolute Gasteiger partial charge is 0.192 e. The van der Waals surface area contributed by atoms with Gasteiger partial charge in [0.05, 0.1) is 0 Å². The predicted octanol–water partition coefficient (Wildman–Crippen LogP) is 5.08. The Morgan fingerprint density at radius 1 is 1.20 bits per heavy atom. The molecular formula is C15H26Cl2O2Si. The van der Waals surface area contributed by atoms with E-state index in [1.165, 1.54) is 0 Å². The number of rotatable bonds is 2. The first-order chi connectivity index (χ1) is 8.91. The lowest BCUT2D eigenvalue weighted by atomic mass is 9.59. The van der Waals surface area contributed by atoms with E-state index in [1.807, 2.05) is 0 Å². The van der Waals surface area contributed by atoms with Gasteiger partial charge in [-0.15, -0.1) is 0 Å². The number of carbonyl (C=O) groups is 1. The van der Waals surface area contributed by atoms with Crippen LogP contribution in [-0.2, 0) is 9.22 Å². The minimum absolute atomic E-state index is 0.00963. The van der Waals surface area contributed by atoms with E-state index in [-0.39, 0.29) is 16.2 Å². The van der Waals surface area contributed by atoms with E-state index in [0.29, 0.717) is 12.5 Å². The number of hydrogen-bond donors (Lipinski definition) is 0. The van der Waals surface area contributed by atoms with Crippen molar-refractivity contribution in [2.75, 3.05) is 0 Å². The third kappa shape index (κ3) is 2.60. The highest BCUT2D eigenvalue weighted by Crippen LogP contribution is 2.62. The molecule has 20 heavy (non-hydrogen) atoms. The third-order valence-corrected chi connectivity index (χ3v) is 11.4. The maximum absolute atomic E-state index is 11.6. The zero-order valence-electron chi connectivity index (χ0n) is 13.2. The van der Waals surface area contributed by atoms with E-state index in [2.05, 4.69) is 33.9 Å². The molecule has 2 saturated carbocycles. The minimum Gasteiger partial charge on any atom is -0.414 e. The lowest BCUT2D eigenvalue weighted by molar-refractivity contribution is -0.138. The van der Waals surface area contributed by atoms with Gasteiger partial charge in [-0.3, -0.25) is 4.79 Å². The molecule has 0 aromatic heterocycles. The van der Waals surface area contributed by atoms with Gasteiger partial charge < -0.3 is 4.43 Å². The summed E-state index contributed by atoms with van der Waals surface area (Å²) in [6.45, 7) is 11.4. The number of halogens is 2. The topological polar surface area (TPSA) is 26.3 Å². The van der Waals surface area contributed by atoms with Gasteiger partial charge in [0, 0.05) is 17.9 Å². The van der Waals surface area contributed by atoms with Crippen molar-refractivity contribution in [2.45, 2.75) is 81.4 Å². The van der Waals surface area contributed by atoms with Gasteiger partial charge in [-0.25, -0.2) is 0 Å². The molecule has 0 aliphatic heterocycles. The molecule has 0 bridgehead atoms. The molecule has 1 spiro atoms. The summed E-state index contributed by atoms with van der Waals surface area (Å²) in [6, 6.07) is 0. The van der Waals surface area contributed by atoms with Crippen LogP contribution in [0.4, 0.5) is 0 Å². The highest BCUT2D eigenvalue weighted by atomic mass is 35.5. The Bertz CT molecular complexity index is 405. The van der Waals surface area contributed by atoms with Crippen LogP contribution in [0.1, 0.15) is 52.9 Å². The van der Waals surface area contributed by atoms with Gasteiger partial charge >= 0.3 is 0 Å². The first-order valence-electron chi connectivity index (χ1n) is 7.50. The molecule has 2 fully saturated rings. The molecule has 2 nitrogen and oxygen atoms in total. The second-order valence-electron chi connectivity index (χ2n) is 8.03. The summed E-state index contributed by atoms with van der Waals surface area (Å²) in [4.78, 5) is 11.6. The minimum atomic E-state index is -1.71. The molecule has 0 amide bonds. The Morgan fingerprint density at radius 2 is 1.70 bits per heavy atom. The van der Waals surface area contributed by atoms with Crippen molar-refractivity contribution < 1.29 is 9.22 Å². The average Bonchev–Trinajstić information content (AvgIpc) is 2.30. The quantitative estimate of drug-likeness (QED) is 0.518. The van der Waals surface area contributed by atoms with Crippen LogP contribution in [0.25, 0.3) is 0 Å². The third-order valence-electron chi connectivity index (χ3n) is 5.67. The Balaban J connectivity index is 1.95. The molecule has 2 rings (SSSR count). The molecule has 0 aromatic rings. The number of hydrogen-bond acceptors (Lipinski definition) is 2. The number of carbonyl (C=O) groups excluding carboxylic acids is 1. The van der Waals surface area contributed by atoms with Crippen LogP contribution in [0.5, 0.6) is 0 Å². The molecule has 116 valence electrons. The van der Waals surface area contributed by atoms with Crippen molar-refractivity contribution in [1.29, 1.82) is 0 Å². The summed E-state index contributed by atoms with van der Waals surface area (Å²) in [7, 11) is -1.71. The normalized spacial score (nSPS) is 34.1. The summed E-state index contributed by atoms with van der Waals surface area (Å²) in [5.41, 5.74) is -0.180. The summed E-state index contributed by atoms with van der Waals surface area (Å²) in [5, 5.41) is 0.233. The SMILES string of the molecule is CC(C)(C)[Si](C)(C)OC1CCC2(CC1)CC(=O)C2(Cl)Cl. The zero-order chi connectivity index (χ0) is 15.4. The Hall–Kier alpha value is 0.427. The molecule has 0 saturated heterocycles. The van der Waals surface area contributed by atoms with Crippen molar-refractivity contribution >= 4 is 37.3 Å². The van der Waals surface area contributed by atoms with Crippen LogP contribution in [0.15, 0.2) is 0 Å². The molecular weight excluding hydrogens is 311 g/mol. The molecule has 0 heterocycles. The van der Waals surface area contributed by atoms with Gasteiger partial charge in [-0.1, -0.05) is 44.0 Å². The van der Waals surface area contributed by atoms with E-state index in [1.54, 1.807) is 0 Å². The molecule has 5 heteroatoms. The van der Waals surface area contributed by atoms with Gasteiger partial charge in [0.25, 0.3) is 0 Å². The fraction of sp³-hybridized carbons (Fsp3) is 0.933. The standard InChI is InChI=1S/C15H26Cl2O2Si/c1-13(2,3)20(4,5)19-11-6-8-14(9-7-11)10-12(18)15(14,16)17/h11H,6-10H2,1-5H3. The van der Waals surface area contributed by atoms with Crippen LogP contribution in [0, 0.1) is 5.41 Å². The summed E-state index contributed by atoms with van der Waals surface area (Å²) >= 11 is 12.5. The fourth-order valence-corrected chi connectivity index (χ4v) is 5.13. The zero-order valence-corrected chi connectivity index (χ0v) is 15.7. The lowest BCUT2D eigenvalue weighted by Gasteiger charge is -2.54. The molecule has 0 atom stereocenters. The first-order valence-corrected chi connectivity index (χ1v) is 11.2. The van der Waals surface area contributed by atoms with Gasteiger partial charge in [0.15, 0.2) is 18.4 Å². The molecule has 2 aliphatic rings. The van der Waals surface area contributed by atoms with Crippen LogP contribution in [-0.4, -0.2) is 24.5 Å². The van der Waals surface area contributed by atoms with Gasteiger partial charge in [0.1, 0.15) is 0 Å². The van der Waals surface area contributed by atoms with Crippen LogP contribution < -0.4 is 0 Å². The monoisotopic (exact) mass is 336 g/mol. The Labute approximate surface area is 133 Å². The van der Waals surface area contributed by atoms with E-state index >= 15 is 0 Å². The van der Waals surface area contributed by atoms with Crippen molar-refractivity contribution in [2.24, 2.45) is 5.41 Å². The number of Topliss-reactive ketones (excluding diaryl/α,β-unsaturated/α-hetero) is 1. The number of ketones is 1. The van der Waals surface area contributed by atoms with E-state index in [9.17, 15) is 4.79 Å². The lowest BCUT2D eigenvalue weighted by Crippen LogP contribution is -2.60. The van der Waals surface area contributed by atoms with Crippen LogP contribution >= 0.6 is 23.2 Å². The summed E-state index contributed by atoms with van der Waals surface area (Å²) < 4.78 is 5.32. The van der Waals surface area contributed by atoms with Gasteiger partial charge in [-0.2, -0.15) is 0 Å². The highest BCUT2D eigenvalue weighted by molar-refractivity contribution is 6.74. The van der Waals surface area contributed by atoms with Crippen LogP contribution in [0.2, 0.25) is 18.1 Å². The van der Waals surface area contributed by atoms with Gasteiger partial charge in [-0.05, 0) is 43.8 Å². The summed E-state index contributed by atoms with van der Waals surface area (Å²) in [5.74, 6) is -0.00963. The highest BCUT2D eigenvalue weighted by Gasteiger charge is 2.64. The largest absolute Gasteiger partial charge is 0.414 e. The molecule has 0 radical (unpaired) electrons. The number of alkyl halides is 2. The first kappa shape index (κ1) is 16.8. The second kappa shape index (κ2) is 4.97. The fourth-order valence-electron chi connectivity index (χ4n) is 3.06. The van der Waals surface area contributed by atoms with Crippen molar-refractivity contribution in [3.05, 3.63) is 0 Å². The Morgan fingerprint density at radius 3 is 2.05 bits per heavy atom. The van der Waals surface area contributed by atoms with Gasteiger partial charge in [0.2, 0.25) is 0 Å². The van der Waals surface area contributed by atoms with Crippen molar-refractivity contribution in [3.63, 3.8) is 0 Å². The predicted molar refractivity (Wildman–Crippen MR) is 87.0 cm³/mol. The maximum Gasteiger partial charge on any atom is 0.192 e. The second-order valence-corrected chi connectivity index (χ2v) is 14.1. The van der Waals surface area contributed by atoms with E-state index in [4.69, 9.17) is 27.6 Å². The molecule has 0 unspecified atom stereocenters. The van der Waals surface area contributed by atoms with Crippen LogP contribution in [0.3, 0.4) is 0 Å². The van der Waals surface area contributed by atoms with Crippen molar-refractivity contribution in [3.8, 4) is 0 Å². The molecule has 0 N–H and O–H groups in total. The Kier molecular flexibility index (Phi) is 4.17. The molecule has 2 aliphatic carbocycles. The van der Waals surface area contributed by atoms with E-state index in [0.717, 1.165) is 25.7 Å². The summed E-state index contributed by atoms with van der Waals surface area (Å²) in [6.07, 6.45) is 4.62. The average molecular weight is 337 g/mol. The maximum atomic E-state index is 11.6. The van der Waals surface area contributed by atoms with Crippen molar-refractivity contribution in [1.82, 2.24) is 0 Å². The molecule has 0 aromatic carbocycles. The van der Waals surface area contributed by atoms with E-state index < -0.39 is 12.7 Å².